The molecule has 0 unspecified atom stereocenters. The van der Waals surface area contributed by atoms with Gasteiger partial charge in [0.05, 0.1) is 19.3 Å². The number of rotatable bonds is 9. The third-order valence-electron chi connectivity index (χ3n) is 9.04. The molecule has 0 radical (unpaired) electrons. The fourth-order valence-corrected chi connectivity index (χ4v) is 6.71. The van der Waals surface area contributed by atoms with Crippen molar-refractivity contribution < 1.29 is 27.9 Å². The molecule has 2 heterocycles. The molecule has 3 atom stereocenters. The number of amides is 1. The molecule has 2 aromatic carbocycles. The van der Waals surface area contributed by atoms with Gasteiger partial charge in [-0.25, -0.2) is 9.18 Å². The van der Waals surface area contributed by atoms with Crippen LogP contribution >= 0.6 is 0 Å². The van der Waals surface area contributed by atoms with Crippen molar-refractivity contribution in [2.24, 2.45) is 17.8 Å². The van der Waals surface area contributed by atoms with Gasteiger partial charge in [0.25, 0.3) is 0 Å². The van der Waals surface area contributed by atoms with E-state index in [4.69, 9.17) is 4.74 Å². The van der Waals surface area contributed by atoms with Crippen molar-refractivity contribution >= 4 is 28.6 Å². The van der Waals surface area contributed by atoms with Crippen molar-refractivity contribution in [1.29, 1.82) is 0 Å². The highest BCUT2D eigenvalue weighted by molar-refractivity contribution is 5.96. The molecular formula is C33H38F2N2O4. The molecule has 5 rings (SSSR count). The number of aromatic nitrogens is 1. The standard InChI is InChI=1S/C33H38F2N2O4/c1-3-41-33(40)29-18-25-16-21(4-13-28(25)36-29)17-30(38)31-27(23-9-11-26(35)12-10-23)14-15-37(31)32(39)24-7-5-22(6-8-24)20(2)19-34/h4,9-13,16,18,20,22,24,27,31,36H,3,5-8,14-15,17,19H2,1-2H3/t20-,22?,24?,27-,31+/m1/s1. The third kappa shape index (κ3) is 6.21. The molecule has 1 N–H and O–H groups in total. The molecule has 1 aliphatic carbocycles. The Hall–Kier alpha value is -3.55. The predicted octanol–water partition coefficient (Wildman–Crippen LogP) is 6.39. The van der Waals surface area contributed by atoms with Crippen LogP contribution in [-0.4, -0.2) is 53.4 Å². The molecule has 218 valence electrons. The van der Waals surface area contributed by atoms with Crippen molar-refractivity contribution in [3.63, 3.8) is 0 Å². The molecule has 1 amide bonds. The molecule has 1 aliphatic heterocycles. The van der Waals surface area contributed by atoms with E-state index in [9.17, 15) is 23.2 Å². The number of nitrogens with zero attached hydrogens (tertiary/aromatic N) is 1. The minimum Gasteiger partial charge on any atom is -0.461 e. The van der Waals surface area contributed by atoms with Crippen LogP contribution < -0.4 is 0 Å². The fraction of sp³-hybridized carbons (Fsp3) is 0.485. The number of alkyl halides is 1. The summed E-state index contributed by atoms with van der Waals surface area (Å²) in [6.45, 7) is 4.08. The summed E-state index contributed by atoms with van der Waals surface area (Å²) in [4.78, 5) is 44.8. The van der Waals surface area contributed by atoms with Crippen LogP contribution in [0.4, 0.5) is 8.78 Å². The summed E-state index contributed by atoms with van der Waals surface area (Å²) in [6.07, 6.45) is 3.81. The highest BCUT2D eigenvalue weighted by Gasteiger charge is 2.44. The van der Waals surface area contributed by atoms with Crippen LogP contribution in [0.15, 0.2) is 48.5 Å². The Bertz CT molecular complexity index is 1390. The van der Waals surface area contributed by atoms with Gasteiger partial charge in [-0.15, -0.1) is 0 Å². The van der Waals surface area contributed by atoms with Crippen molar-refractivity contribution in [2.45, 2.75) is 64.3 Å². The van der Waals surface area contributed by atoms with E-state index in [1.807, 2.05) is 25.1 Å². The summed E-state index contributed by atoms with van der Waals surface area (Å²) in [7, 11) is 0. The predicted molar refractivity (Wildman–Crippen MR) is 153 cm³/mol. The number of Topliss-reactive ketones (excluding diaryl/α,β-unsaturated/α-hetero) is 1. The number of esters is 1. The van der Waals surface area contributed by atoms with Crippen LogP contribution in [-0.2, 0) is 20.7 Å². The minimum absolute atomic E-state index is 0.000483. The Labute approximate surface area is 239 Å². The maximum Gasteiger partial charge on any atom is 0.354 e. The lowest BCUT2D eigenvalue weighted by Crippen LogP contribution is -2.46. The van der Waals surface area contributed by atoms with E-state index in [0.29, 0.717) is 37.4 Å². The molecule has 2 aliphatic rings. The Balaban J connectivity index is 1.37. The van der Waals surface area contributed by atoms with Gasteiger partial charge >= 0.3 is 5.97 Å². The zero-order valence-electron chi connectivity index (χ0n) is 23.7. The Morgan fingerprint density at radius 2 is 1.76 bits per heavy atom. The van der Waals surface area contributed by atoms with Crippen LogP contribution in [0, 0.1) is 23.6 Å². The zero-order valence-corrected chi connectivity index (χ0v) is 23.7. The first-order chi connectivity index (χ1) is 19.8. The second-order valence-electron chi connectivity index (χ2n) is 11.6. The van der Waals surface area contributed by atoms with E-state index in [0.717, 1.165) is 34.9 Å². The quantitative estimate of drug-likeness (QED) is 0.306. The van der Waals surface area contributed by atoms with Gasteiger partial charge in [-0.3, -0.25) is 14.0 Å². The highest BCUT2D eigenvalue weighted by atomic mass is 19.1. The lowest BCUT2D eigenvalue weighted by atomic mass is 9.76. The first-order valence-corrected chi connectivity index (χ1v) is 14.7. The van der Waals surface area contributed by atoms with E-state index in [-0.39, 0.29) is 55.0 Å². The first kappa shape index (κ1) is 29.0. The number of ketones is 1. The molecule has 0 bridgehead atoms. The Morgan fingerprint density at radius 1 is 1.02 bits per heavy atom. The van der Waals surface area contributed by atoms with Crippen LogP contribution in [0.5, 0.6) is 0 Å². The van der Waals surface area contributed by atoms with Crippen molar-refractivity contribution in [1.82, 2.24) is 9.88 Å². The summed E-state index contributed by atoms with van der Waals surface area (Å²) < 4.78 is 32.0. The van der Waals surface area contributed by atoms with Gasteiger partial charge in [0, 0.05) is 35.7 Å². The molecule has 1 saturated carbocycles. The second kappa shape index (κ2) is 12.5. The van der Waals surface area contributed by atoms with E-state index in [2.05, 4.69) is 4.98 Å². The number of carbonyl (C=O) groups excluding carboxylic acids is 3. The number of ether oxygens (including phenoxy) is 1. The monoisotopic (exact) mass is 564 g/mol. The zero-order chi connectivity index (χ0) is 29.1. The summed E-state index contributed by atoms with van der Waals surface area (Å²) >= 11 is 0. The van der Waals surface area contributed by atoms with Crippen molar-refractivity contribution in [3.8, 4) is 0 Å². The van der Waals surface area contributed by atoms with Crippen LogP contribution in [0.1, 0.15) is 73.5 Å². The van der Waals surface area contributed by atoms with E-state index in [1.54, 1.807) is 30.0 Å². The number of halogens is 2. The number of fused-ring (bicyclic) bond motifs is 1. The van der Waals surface area contributed by atoms with Crippen molar-refractivity contribution in [2.75, 3.05) is 19.8 Å². The maximum absolute atomic E-state index is 14.0. The molecule has 0 spiro atoms. The topological polar surface area (TPSA) is 79.5 Å². The molecule has 1 aromatic heterocycles. The first-order valence-electron chi connectivity index (χ1n) is 14.7. The molecular weight excluding hydrogens is 526 g/mol. The molecule has 41 heavy (non-hydrogen) atoms. The number of hydrogen-bond acceptors (Lipinski definition) is 4. The number of H-pyrrole nitrogens is 1. The third-order valence-corrected chi connectivity index (χ3v) is 9.04. The molecule has 3 aromatic rings. The largest absolute Gasteiger partial charge is 0.461 e. The van der Waals surface area contributed by atoms with E-state index in [1.165, 1.54) is 12.1 Å². The van der Waals surface area contributed by atoms with Crippen LogP contribution in [0.3, 0.4) is 0 Å². The SMILES string of the molecule is CCOC(=O)c1cc2cc(CC(=O)[C@@H]3[C@@H](c4ccc(F)cc4)CCN3C(=O)C3CCC([C@H](C)CF)CC3)ccc2[nH]1. The molecule has 6 nitrogen and oxygen atoms in total. The summed E-state index contributed by atoms with van der Waals surface area (Å²) in [6, 6.07) is 12.9. The second-order valence-corrected chi connectivity index (χ2v) is 11.6. The molecule has 8 heteroatoms. The number of hydrogen-bond donors (Lipinski definition) is 1. The van der Waals surface area contributed by atoms with Crippen LogP contribution in [0.25, 0.3) is 10.9 Å². The summed E-state index contributed by atoms with van der Waals surface area (Å²) in [5, 5.41) is 0.798. The average molecular weight is 565 g/mol. The number of aromatic amines is 1. The molecule has 1 saturated heterocycles. The minimum atomic E-state index is -0.646. The van der Waals surface area contributed by atoms with E-state index < -0.39 is 12.0 Å². The number of carbonyl (C=O) groups is 3. The summed E-state index contributed by atoms with van der Waals surface area (Å²) in [5.41, 5.74) is 2.75. The maximum atomic E-state index is 14.0. The van der Waals surface area contributed by atoms with Crippen LogP contribution in [0.2, 0.25) is 0 Å². The van der Waals surface area contributed by atoms with Gasteiger partial charge in [-0.05, 0) is 92.3 Å². The van der Waals surface area contributed by atoms with Gasteiger partial charge in [-0.1, -0.05) is 25.1 Å². The van der Waals surface area contributed by atoms with Gasteiger partial charge in [0.2, 0.25) is 5.91 Å². The Kier molecular flexibility index (Phi) is 8.85. The lowest BCUT2D eigenvalue weighted by molar-refractivity contribution is -0.142. The van der Waals surface area contributed by atoms with Gasteiger partial charge in [-0.2, -0.15) is 0 Å². The molecule has 2 fully saturated rings. The van der Waals surface area contributed by atoms with Gasteiger partial charge in [0.15, 0.2) is 5.78 Å². The normalized spacial score (nSPS) is 23.5. The number of benzene rings is 2. The summed E-state index contributed by atoms with van der Waals surface area (Å²) in [5.74, 6) is -0.940. The van der Waals surface area contributed by atoms with Crippen molar-refractivity contribution in [3.05, 3.63) is 71.2 Å². The fourth-order valence-electron chi connectivity index (χ4n) is 6.71. The average Bonchev–Trinajstić information content (AvgIpc) is 3.62. The number of nitrogens with one attached hydrogen (secondary N) is 1. The van der Waals surface area contributed by atoms with E-state index >= 15 is 0 Å². The van der Waals surface area contributed by atoms with Gasteiger partial charge < -0.3 is 14.6 Å². The van der Waals surface area contributed by atoms with Gasteiger partial charge in [0.1, 0.15) is 11.5 Å². The highest BCUT2D eigenvalue weighted by Crippen LogP contribution is 2.39. The smallest absolute Gasteiger partial charge is 0.354 e. The number of likely N-dealkylation sites (tertiary alicyclic amines) is 1. The Morgan fingerprint density at radius 3 is 2.44 bits per heavy atom. The lowest BCUT2D eigenvalue weighted by Gasteiger charge is -2.35.